The van der Waals surface area contributed by atoms with Gasteiger partial charge in [0.1, 0.15) is 5.54 Å². The van der Waals surface area contributed by atoms with Crippen LogP contribution in [0.1, 0.15) is 40.5 Å². The molecule has 0 bridgehead atoms. The van der Waals surface area contributed by atoms with E-state index in [2.05, 4.69) is 26.1 Å². The van der Waals surface area contributed by atoms with Gasteiger partial charge in [0.05, 0.1) is 7.11 Å². The maximum atomic E-state index is 11.7. The molecule has 0 spiro atoms. The standard InChI is InChI=1S/C13H27NO2S/c1-7-10(2)9-17-11(3)8-13(4,14-5)12(15)16-6/h10-11,14H,7-9H2,1-6H3. The average molecular weight is 261 g/mol. The first-order chi connectivity index (χ1) is 7.89. The Hall–Kier alpha value is -0.220. The minimum atomic E-state index is -0.573. The largest absolute Gasteiger partial charge is 0.468 e. The fraction of sp³-hybridized carbons (Fsp3) is 0.923. The first kappa shape index (κ1) is 16.8. The van der Waals surface area contributed by atoms with Crippen molar-refractivity contribution < 1.29 is 9.53 Å². The Kier molecular flexibility index (Phi) is 7.88. The summed E-state index contributed by atoms with van der Waals surface area (Å²) in [6.07, 6.45) is 2.00. The summed E-state index contributed by atoms with van der Waals surface area (Å²) in [5.41, 5.74) is -0.573. The van der Waals surface area contributed by atoms with Crippen molar-refractivity contribution in [2.75, 3.05) is 19.9 Å². The van der Waals surface area contributed by atoms with Gasteiger partial charge in [0.15, 0.2) is 0 Å². The van der Waals surface area contributed by atoms with Crippen LogP contribution in [0, 0.1) is 5.92 Å². The number of esters is 1. The van der Waals surface area contributed by atoms with Crippen LogP contribution >= 0.6 is 11.8 Å². The zero-order valence-corrected chi connectivity index (χ0v) is 12.8. The van der Waals surface area contributed by atoms with Crippen molar-refractivity contribution in [2.24, 2.45) is 5.92 Å². The molecule has 0 saturated heterocycles. The highest BCUT2D eigenvalue weighted by Gasteiger charge is 2.34. The third-order valence-corrected chi connectivity index (χ3v) is 4.74. The van der Waals surface area contributed by atoms with Gasteiger partial charge in [-0.05, 0) is 32.1 Å². The first-order valence-corrected chi connectivity index (χ1v) is 7.33. The lowest BCUT2D eigenvalue weighted by molar-refractivity contribution is -0.147. The smallest absolute Gasteiger partial charge is 0.325 e. The van der Waals surface area contributed by atoms with Gasteiger partial charge in [0, 0.05) is 5.25 Å². The van der Waals surface area contributed by atoms with Gasteiger partial charge < -0.3 is 10.1 Å². The number of likely N-dealkylation sites (N-methyl/N-ethyl adjacent to an activating group) is 1. The maximum Gasteiger partial charge on any atom is 0.325 e. The highest BCUT2D eigenvalue weighted by molar-refractivity contribution is 7.99. The monoisotopic (exact) mass is 261 g/mol. The molecular weight excluding hydrogens is 234 g/mol. The quantitative estimate of drug-likeness (QED) is 0.682. The molecule has 0 fully saturated rings. The van der Waals surface area contributed by atoms with E-state index in [9.17, 15) is 4.79 Å². The zero-order chi connectivity index (χ0) is 13.5. The van der Waals surface area contributed by atoms with E-state index in [4.69, 9.17) is 4.74 Å². The minimum Gasteiger partial charge on any atom is -0.468 e. The summed E-state index contributed by atoms with van der Waals surface area (Å²) in [7, 11) is 3.25. The molecule has 1 N–H and O–H groups in total. The van der Waals surface area contributed by atoms with Gasteiger partial charge in [0.2, 0.25) is 0 Å². The first-order valence-electron chi connectivity index (χ1n) is 6.28. The topological polar surface area (TPSA) is 38.3 Å². The van der Waals surface area contributed by atoms with Gasteiger partial charge in [0.25, 0.3) is 0 Å². The van der Waals surface area contributed by atoms with Crippen LogP contribution in [0.4, 0.5) is 0 Å². The SMILES string of the molecule is CCC(C)CSC(C)CC(C)(NC)C(=O)OC. The van der Waals surface area contributed by atoms with Crippen molar-refractivity contribution in [3.8, 4) is 0 Å². The van der Waals surface area contributed by atoms with Gasteiger partial charge in [-0.3, -0.25) is 4.79 Å². The summed E-state index contributed by atoms with van der Waals surface area (Å²) in [6, 6.07) is 0. The Morgan fingerprint density at radius 1 is 1.47 bits per heavy atom. The highest BCUT2D eigenvalue weighted by Crippen LogP contribution is 2.25. The Morgan fingerprint density at radius 2 is 2.06 bits per heavy atom. The van der Waals surface area contributed by atoms with E-state index in [1.165, 1.54) is 13.5 Å². The van der Waals surface area contributed by atoms with Gasteiger partial charge in [-0.2, -0.15) is 11.8 Å². The predicted molar refractivity (Wildman–Crippen MR) is 75.5 cm³/mol. The molecule has 0 aliphatic rings. The second kappa shape index (κ2) is 7.98. The van der Waals surface area contributed by atoms with Crippen molar-refractivity contribution in [2.45, 2.75) is 51.3 Å². The van der Waals surface area contributed by atoms with E-state index in [1.807, 2.05) is 25.7 Å². The van der Waals surface area contributed by atoms with Crippen LogP contribution in [0.25, 0.3) is 0 Å². The summed E-state index contributed by atoms with van der Waals surface area (Å²) >= 11 is 1.93. The molecule has 0 saturated carbocycles. The number of ether oxygens (including phenoxy) is 1. The number of methoxy groups -OCH3 is 1. The van der Waals surface area contributed by atoms with Crippen LogP contribution in [-0.4, -0.2) is 36.7 Å². The lowest BCUT2D eigenvalue weighted by atomic mass is 9.96. The van der Waals surface area contributed by atoms with Gasteiger partial charge in [-0.1, -0.05) is 27.2 Å². The van der Waals surface area contributed by atoms with Gasteiger partial charge in [-0.25, -0.2) is 0 Å². The van der Waals surface area contributed by atoms with E-state index >= 15 is 0 Å². The summed E-state index contributed by atoms with van der Waals surface area (Å²) in [5, 5.41) is 3.52. The Bertz CT molecular complexity index is 235. The summed E-state index contributed by atoms with van der Waals surface area (Å²) in [6.45, 7) is 8.55. The molecule has 0 heterocycles. The lowest BCUT2D eigenvalue weighted by Gasteiger charge is -2.29. The molecule has 3 unspecified atom stereocenters. The second-order valence-electron chi connectivity index (χ2n) is 4.94. The Balaban J connectivity index is 4.23. The van der Waals surface area contributed by atoms with Crippen molar-refractivity contribution in [1.29, 1.82) is 0 Å². The molecule has 0 aliphatic heterocycles. The average Bonchev–Trinajstić information content (AvgIpc) is 2.34. The number of carbonyl (C=O) groups is 1. The van der Waals surface area contributed by atoms with E-state index in [0.29, 0.717) is 5.25 Å². The van der Waals surface area contributed by atoms with Crippen LogP contribution in [0.15, 0.2) is 0 Å². The summed E-state index contributed by atoms with van der Waals surface area (Å²) in [5.74, 6) is 1.70. The fourth-order valence-corrected chi connectivity index (χ4v) is 2.94. The van der Waals surface area contributed by atoms with Crippen LogP contribution in [0.2, 0.25) is 0 Å². The number of hydrogen-bond donors (Lipinski definition) is 1. The number of nitrogens with one attached hydrogen (secondary N) is 1. The van der Waals surface area contributed by atoms with E-state index in [0.717, 1.165) is 18.1 Å². The molecule has 17 heavy (non-hydrogen) atoms. The van der Waals surface area contributed by atoms with Crippen molar-refractivity contribution in [3.05, 3.63) is 0 Å². The molecule has 0 aromatic heterocycles. The normalized spacial score (nSPS) is 18.2. The van der Waals surface area contributed by atoms with E-state index in [-0.39, 0.29) is 5.97 Å². The fourth-order valence-electron chi connectivity index (χ4n) is 1.59. The minimum absolute atomic E-state index is 0.184. The second-order valence-corrected chi connectivity index (χ2v) is 6.41. The van der Waals surface area contributed by atoms with Crippen molar-refractivity contribution in [3.63, 3.8) is 0 Å². The lowest BCUT2D eigenvalue weighted by Crippen LogP contribution is -2.49. The van der Waals surface area contributed by atoms with Crippen LogP contribution in [-0.2, 0) is 9.53 Å². The number of thioether (sulfide) groups is 1. The molecular formula is C13H27NO2S. The molecule has 4 heteroatoms. The van der Waals surface area contributed by atoms with Crippen LogP contribution < -0.4 is 5.32 Å². The van der Waals surface area contributed by atoms with E-state index in [1.54, 1.807) is 0 Å². The summed E-state index contributed by atoms with van der Waals surface area (Å²) in [4.78, 5) is 11.7. The van der Waals surface area contributed by atoms with Crippen LogP contribution in [0.5, 0.6) is 0 Å². The van der Waals surface area contributed by atoms with Gasteiger partial charge in [-0.15, -0.1) is 0 Å². The third kappa shape index (κ3) is 5.77. The molecule has 0 aromatic rings. The van der Waals surface area contributed by atoms with Gasteiger partial charge >= 0.3 is 5.97 Å². The summed E-state index contributed by atoms with van der Waals surface area (Å²) < 4.78 is 4.84. The molecule has 0 aliphatic carbocycles. The predicted octanol–water partition coefficient (Wildman–Crippen LogP) is 2.70. The highest BCUT2D eigenvalue weighted by atomic mass is 32.2. The molecule has 0 aromatic carbocycles. The third-order valence-electron chi connectivity index (χ3n) is 3.25. The molecule has 0 radical (unpaired) electrons. The number of rotatable bonds is 8. The number of carbonyl (C=O) groups excluding carboxylic acids is 1. The maximum absolute atomic E-state index is 11.7. The molecule has 3 nitrogen and oxygen atoms in total. The van der Waals surface area contributed by atoms with Crippen molar-refractivity contribution >= 4 is 17.7 Å². The zero-order valence-electron chi connectivity index (χ0n) is 12.0. The van der Waals surface area contributed by atoms with Crippen LogP contribution in [0.3, 0.4) is 0 Å². The number of hydrogen-bond acceptors (Lipinski definition) is 4. The Labute approximate surface area is 110 Å². The molecule has 102 valence electrons. The molecule has 3 atom stereocenters. The molecule has 0 amide bonds. The molecule has 0 rings (SSSR count). The van der Waals surface area contributed by atoms with E-state index < -0.39 is 5.54 Å². The Morgan fingerprint density at radius 3 is 2.47 bits per heavy atom. The van der Waals surface area contributed by atoms with Crippen molar-refractivity contribution in [1.82, 2.24) is 5.32 Å².